The molecule has 1 amide bonds. The van der Waals surface area contributed by atoms with Gasteiger partial charge in [0, 0.05) is 10.7 Å². The summed E-state index contributed by atoms with van der Waals surface area (Å²) in [4.78, 5) is 23.3. The number of carbonyl (C=O) groups excluding carboxylic acids is 2. The highest BCUT2D eigenvalue weighted by atomic mass is 35.5. The van der Waals surface area contributed by atoms with E-state index in [0.29, 0.717) is 23.1 Å². The Labute approximate surface area is 145 Å². The molecule has 0 saturated carbocycles. The third kappa shape index (κ3) is 5.93. The van der Waals surface area contributed by atoms with Crippen molar-refractivity contribution < 1.29 is 19.1 Å². The average molecular weight is 348 g/mol. The van der Waals surface area contributed by atoms with Gasteiger partial charge in [-0.1, -0.05) is 23.7 Å². The first-order valence-electron chi connectivity index (χ1n) is 7.49. The van der Waals surface area contributed by atoms with Gasteiger partial charge in [0.05, 0.1) is 13.0 Å². The zero-order valence-electron chi connectivity index (χ0n) is 13.3. The number of amides is 1. The lowest BCUT2D eigenvalue weighted by Gasteiger charge is -2.08. The topological polar surface area (TPSA) is 64.6 Å². The van der Waals surface area contributed by atoms with Crippen LogP contribution in [0.3, 0.4) is 0 Å². The summed E-state index contributed by atoms with van der Waals surface area (Å²) >= 11 is 5.78. The van der Waals surface area contributed by atoms with Crippen molar-refractivity contribution in [2.75, 3.05) is 18.5 Å². The second-order valence-electron chi connectivity index (χ2n) is 4.97. The first-order chi connectivity index (χ1) is 11.6. The van der Waals surface area contributed by atoms with Gasteiger partial charge in [0.15, 0.2) is 6.61 Å². The molecule has 0 heterocycles. The standard InChI is InChI=1S/C18H18ClNO4/c1-2-23-18(22)11-13-3-7-15(8-4-13)20-17(21)12-24-16-9-5-14(19)6-10-16/h3-10H,2,11-12H2,1H3,(H,20,21). The second kappa shape index (κ2) is 8.93. The number of rotatable bonds is 7. The van der Waals surface area contributed by atoms with Gasteiger partial charge in [-0.25, -0.2) is 0 Å². The smallest absolute Gasteiger partial charge is 0.310 e. The van der Waals surface area contributed by atoms with Crippen molar-refractivity contribution in [2.24, 2.45) is 0 Å². The van der Waals surface area contributed by atoms with Crippen LogP contribution in [-0.2, 0) is 20.7 Å². The first-order valence-corrected chi connectivity index (χ1v) is 7.87. The molecule has 0 spiro atoms. The van der Waals surface area contributed by atoms with Crippen molar-refractivity contribution in [3.63, 3.8) is 0 Å². The van der Waals surface area contributed by atoms with Crippen LogP contribution >= 0.6 is 11.6 Å². The van der Waals surface area contributed by atoms with Crippen molar-refractivity contribution in [3.05, 3.63) is 59.1 Å². The molecule has 1 N–H and O–H groups in total. The van der Waals surface area contributed by atoms with Crippen LogP contribution in [-0.4, -0.2) is 25.1 Å². The molecule has 126 valence electrons. The van der Waals surface area contributed by atoms with E-state index >= 15 is 0 Å². The van der Waals surface area contributed by atoms with E-state index in [0.717, 1.165) is 5.56 Å². The molecule has 2 rings (SSSR count). The number of ether oxygens (including phenoxy) is 2. The van der Waals surface area contributed by atoms with Crippen molar-refractivity contribution in [1.82, 2.24) is 0 Å². The van der Waals surface area contributed by atoms with E-state index in [1.807, 2.05) is 0 Å². The van der Waals surface area contributed by atoms with Crippen LogP contribution in [0.1, 0.15) is 12.5 Å². The third-order valence-corrected chi connectivity index (χ3v) is 3.33. The lowest BCUT2D eigenvalue weighted by molar-refractivity contribution is -0.142. The molecular weight excluding hydrogens is 330 g/mol. The van der Waals surface area contributed by atoms with Gasteiger partial charge in [-0.05, 0) is 48.9 Å². The number of hydrogen-bond acceptors (Lipinski definition) is 4. The number of esters is 1. The molecule has 2 aromatic carbocycles. The fourth-order valence-corrected chi connectivity index (χ4v) is 2.09. The molecule has 0 aliphatic rings. The summed E-state index contributed by atoms with van der Waals surface area (Å²) in [5.74, 6) is 0.0214. The minimum absolute atomic E-state index is 0.105. The maximum Gasteiger partial charge on any atom is 0.310 e. The molecule has 0 radical (unpaired) electrons. The quantitative estimate of drug-likeness (QED) is 0.779. The van der Waals surface area contributed by atoms with Gasteiger partial charge in [0.25, 0.3) is 5.91 Å². The molecule has 0 atom stereocenters. The van der Waals surface area contributed by atoms with Crippen molar-refractivity contribution in [1.29, 1.82) is 0 Å². The van der Waals surface area contributed by atoms with Crippen LogP contribution in [0, 0.1) is 0 Å². The van der Waals surface area contributed by atoms with E-state index in [1.165, 1.54) is 0 Å². The van der Waals surface area contributed by atoms with Crippen LogP contribution in [0.4, 0.5) is 5.69 Å². The summed E-state index contributed by atoms with van der Waals surface area (Å²) in [5.41, 5.74) is 1.45. The molecule has 24 heavy (non-hydrogen) atoms. The lowest BCUT2D eigenvalue weighted by Crippen LogP contribution is -2.20. The molecule has 0 aromatic heterocycles. The predicted molar refractivity (Wildman–Crippen MR) is 92.4 cm³/mol. The van der Waals surface area contributed by atoms with Gasteiger partial charge in [-0.3, -0.25) is 9.59 Å². The minimum atomic E-state index is -0.275. The van der Waals surface area contributed by atoms with Crippen molar-refractivity contribution >= 4 is 29.2 Å². The summed E-state index contributed by atoms with van der Waals surface area (Å²) in [7, 11) is 0. The SMILES string of the molecule is CCOC(=O)Cc1ccc(NC(=O)COc2ccc(Cl)cc2)cc1. The summed E-state index contributed by atoms with van der Waals surface area (Å²) in [6.45, 7) is 2.02. The van der Waals surface area contributed by atoms with E-state index in [4.69, 9.17) is 21.1 Å². The Morgan fingerprint density at radius 2 is 1.71 bits per heavy atom. The highest BCUT2D eigenvalue weighted by Crippen LogP contribution is 2.15. The van der Waals surface area contributed by atoms with Crippen LogP contribution in [0.2, 0.25) is 5.02 Å². The fraction of sp³-hybridized carbons (Fsp3) is 0.222. The lowest BCUT2D eigenvalue weighted by atomic mass is 10.1. The Bertz CT molecular complexity index is 683. The Morgan fingerprint density at radius 3 is 2.33 bits per heavy atom. The Morgan fingerprint density at radius 1 is 1.04 bits per heavy atom. The molecule has 0 aliphatic heterocycles. The summed E-state index contributed by atoms with van der Waals surface area (Å²) in [6.07, 6.45) is 0.210. The average Bonchev–Trinajstić information content (AvgIpc) is 2.56. The number of benzene rings is 2. The molecule has 0 fully saturated rings. The number of nitrogens with one attached hydrogen (secondary N) is 1. The van der Waals surface area contributed by atoms with Gasteiger partial charge in [-0.15, -0.1) is 0 Å². The number of hydrogen-bond donors (Lipinski definition) is 1. The zero-order chi connectivity index (χ0) is 17.4. The molecule has 0 unspecified atom stereocenters. The first kappa shape index (κ1) is 17.8. The van der Waals surface area contributed by atoms with E-state index in [1.54, 1.807) is 55.5 Å². The van der Waals surface area contributed by atoms with Gasteiger partial charge < -0.3 is 14.8 Å². The minimum Gasteiger partial charge on any atom is -0.484 e. The Balaban J connectivity index is 1.81. The van der Waals surface area contributed by atoms with Crippen LogP contribution < -0.4 is 10.1 Å². The highest BCUT2D eigenvalue weighted by molar-refractivity contribution is 6.30. The highest BCUT2D eigenvalue weighted by Gasteiger charge is 2.06. The molecule has 6 heteroatoms. The normalized spacial score (nSPS) is 10.1. The van der Waals surface area contributed by atoms with Crippen LogP contribution in [0.25, 0.3) is 0 Å². The van der Waals surface area contributed by atoms with Gasteiger partial charge >= 0.3 is 5.97 Å². The molecule has 5 nitrogen and oxygen atoms in total. The number of anilines is 1. The van der Waals surface area contributed by atoms with Gasteiger partial charge in [-0.2, -0.15) is 0 Å². The molecule has 0 bridgehead atoms. The third-order valence-electron chi connectivity index (χ3n) is 3.08. The molecule has 0 saturated heterocycles. The molecular formula is C18H18ClNO4. The second-order valence-corrected chi connectivity index (χ2v) is 5.41. The molecule has 2 aromatic rings. The monoisotopic (exact) mass is 347 g/mol. The Hall–Kier alpha value is -2.53. The molecule has 0 aliphatic carbocycles. The van der Waals surface area contributed by atoms with E-state index in [9.17, 15) is 9.59 Å². The van der Waals surface area contributed by atoms with E-state index < -0.39 is 0 Å². The zero-order valence-corrected chi connectivity index (χ0v) is 14.0. The van der Waals surface area contributed by atoms with Crippen LogP contribution in [0.5, 0.6) is 5.75 Å². The number of halogens is 1. The van der Waals surface area contributed by atoms with E-state index in [-0.39, 0.29) is 24.9 Å². The van der Waals surface area contributed by atoms with Gasteiger partial charge in [0.1, 0.15) is 5.75 Å². The summed E-state index contributed by atoms with van der Waals surface area (Å²) in [5, 5.41) is 3.33. The maximum absolute atomic E-state index is 11.9. The Kier molecular flexibility index (Phi) is 6.63. The summed E-state index contributed by atoms with van der Waals surface area (Å²) in [6, 6.07) is 13.8. The largest absolute Gasteiger partial charge is 0.484 e. The number of carbonyl (C=O) groups is 2. The van der Waals surface area contributed by atoms with Crippen molar-refractivity contribution in [3.8, 4) is 5.75 Å². The van der Waals surface area contributed by atoms with E-state index in [2.05, 4.69) is 5.32 Å². The van der Waals surface area contributed by atoms with Crippen molar-refractivity contribution in [2.45, 2.75) is 13.3 Å². The van der Waals surface area contributed by atoms with Crippen LogP contribution in [0.15, 0.2) is 48.5 Å². The maximum atomic E-state index is 11.9. The summed E-state index contributed by atoms with van der Waals surface area (Å²) < 4.78 is 10.3. The predicted octanol–water partition coefficient (Wildman–Crippen LogP) is 3.46. The fourth-order valence-electron chi connectivity index (χ4n) is 1.96. The van der Waals surface area contributed by atoms with Gasteiger partial charge in [0.2, 0.25) is 0 Å².